The standard InChI is InChI=1S/C16H22N2O3/c1-12-4-3-5-13(2)15(12)16(21)18-10-8-17(9-11-18)7-6-14(19)20/h3-5H,6-11H2,1-2H3,(H,19,20). The molecule has 0 aromatic heterocycles. The molecule has 1 saturated heterocycles. The number of hydrogen-bond acceptors (Lipinski definition) is 3. The molecule has 1 aliphatic heterocycles. The molecule has 1 amide bonds. The first kappa shape index (κ1) is 15.5. The van der Waals surface area contributed by atoms with E-state index in [4.69, 9.17) is 5.11 Å². The second kappa shape index (κ2) is 6.72. The molecule has 1 fully saturated rings. The number of carboxylic acids is 1. The van der Waals surface area contributed by atoms with Gasteiger partial charge in [-0.2, -0.15) is 0 Å². The van der Waals surface area contributed by atoms with Gasteiger partial charge in [-0.05, 0) is 25.0 Å². The topological polar surface area (TPSA) is 60.9 Å². The highest BCUT2D eigenvalue weighted by Gasteiger charge is 2.24. The fraction of sp³-hybridized carbons (Fsp3) is 0.500. The van der Waals surface area contributed by atoms with Crippen molar-refractivity contribution < 1.29 is 14.7 Å². The van der Waals surface area contributed by atoms with Crippen molar-refractivity contribution in [3.05, 3.63) is 34.9 Å². The number of carbonyl (C=O) groups is 2. The van der Waals surface area contributed by atoms with E-state index in [2.05, 4.69) is 4.90 Å². The summed E-state index contributed by atoms with van der Waals surface area (Å²) in [5.74, 6) is -0.687. The van der Waals surface area contributed by atoms with Gasteiger partial charge in [-0.3, -0.25) is 14.5 Å². The van der Waals surface area contributed by atoms with E-state index in [1.54, 1.807) is 0 Å². The predicted octanol–water partition coefficient (Wildman–Crippen LogP) is 1.54. The highest BCUT2D eigenvalue weighted by atomic mass is 16.4. The zero-order valence-electron chi connectivity index (χ0n) is 12.6. The smallest absolute Gasteiger partial charge is 0.304 e. The molecular formula is C16H22N2O3. The monoisotopic (exact) mass is 290 g/mol. The lowest BCUT2D eigenvalue weighted by molar-refractivity contribution is -0.137. The molecular weight excluding hydrogens is 268 g/mol. The predicted molar refractivity (Wildman–Crippen MR) is 80.5 cm³/mol. The van der Waals surface area contributed by atoms with E-state index < -0.39 is 5.97 Å². The average Bonchev–Trinajstić information content (AvgIpc) is 2.45. The number of aryl methyl sites for hydroxylation is 2. The minimum absolute atomic E-state index is 0.0866. The lowest BCUT2D eigenvalue weighted by Crippen LogP contribution is -2.49. The zero-order valence-corrected chi connectivity index (χ0v) is 12.6. The van der Waals surface area contributed by atoms with Gasteiger partial charge in [0.1, 0.15) is 0 Å². The van der Waals surface area contributed by atoms with Crippen LogP contribution in [0.3, 0.4) is 0 Å². The molecule has 0 spiro atoms. The van der Waals surface area contributed by atoms with Crippen molar-refractivity contribution in [1.29, 1.82) is 0 Å². The first-order valence-corrected chi connectivity index (χ1v) is 7.28. The van der Waals surface area contributed by atoms with Gasteiger partial charge in [0.05, 0.1) is 6.42 Å². The van der Waals surface area contributed by atoms with Crippen LogP contribution in [-0.4, -0.2) is 59.5 Å². The van der Waals surface area contributed by atoms with Gasteiger partial charge < -0.3 is 10.0 Å². The Kier molecular flexibility index (Phi) is 4.96. The van der Waals surface area contributed by atoms with Crippen LogP contribution in [-0.2, 0) is 4.79 Å². The molecule has 1 aromatic rings. The summed E-state index contributed by atoms with van der Waals surface area (Å²) in [6.07, 6.45) is 0.158. The van der Waals surface area contributed by atoms with Crippen LogP contribution >= 0.6 is 0 Å². The Morgan fingerprint density at radius 2 is 1.67 bits per heavy atom. The Hall–Kier alpha value is -1.88. The van der Waals surface area contributed by atoms with Crippen LogP contribution in [0.2, 0.25) is 0 Å². The fourth-order valence-electron chi connectivity index (χ4n) is 2.74. The van der Waals surface area contributed by atoms with Crippen LogP contribution in [0.25, 0.3) is 0 Å². The summed E-state index contributed by atoms with van der Waals surface area (Å²) >= 11 is 0. The number of carbonyl (C=O) groups excluding carboxylic acids is 1. The quantitative estimate of drug-likeness (QED) is 0.913. The Morgan fingerprint density at radius 3 is 2.19 bits per heavy atom. The third-order valence-electron chi connectivity index (χ3n) is 4.00. The van der Waals surface area contributed by atoms with Crippen LogP contribution in [0.15, 0.2) is 18.2 Å². The molecule has 0 saturated carbocycles. The maximum atomic E-state index is 12.6. The SMILES string of the molecule is Cc1cccc(C)c1C(=O)N1CCN(CCC(=O)O)CC1. The van der Waals surface area contributed by atoms with Crippen LogP contribution in [0.5, 0.6) is 0 Å². The second-order valence-electron chi connectivity index (χ2n) is 5.54. The molecule has 0 unspecified atom stereocenters. The van der Waals surface area contributed by atoms with Crippen molar-refractivity contribution in [3.8, 4) is 0 Å². The highest BCUT2D eigenvalue weighted by molar-refractivity contribution is 5.97. The average molecular weight is 290 g/mol. The molecule has 1 aromatic carbocycles. The van der Waals surface area contributed by atoms with Crippen molar-refractivity contribution in [3.63, 3.8) is 0 Å². The van der Waals surface area contributed by atoms with Crippen LogP contribution in [0.1, 0.15) is 27.9 Å². The first-order chi connectivity index (χ1) is 9.99. The lowest BCUT2D eigenvalue weighted by atomic mass is 10.0. The lowest BCUT2D eigenvalue weighted by Gasteiger charge is -2.35. The Balaban J connectivity index is 1.96. The summed E-state index contributed by atoms with van der Waals surface area (Å²) in [5.41, 5.74) is 2.82. The van der Waals surface area contributed by atoms with Crippen molar-refractivity contribution in [2.45, 2.75) is 20.3 Å². The van der Waals surface area contributed by atoms with Crippen LogP contribution in [0, 0.1) is 13.8 Å². The third kappa shape index (κ3) is 3.82. The van der Waals surface area contributed by atoms with Crippen molar-refractivity contribution in [2.75, 3.05) is 32.7 Å². The molecule has 0 radical (unpaired) electrons. The molecule has 0 atom stereocenters. The van der Waals surface area contributed by atoms with Gasteiger partial charge >= 0.3 is 5.97 Å². The summed E-state index contributed by atoms with van der Waals surface area (Å²) in [4.78, 5) is 27.2. The molecule has 114 valence electrons. The number of aliphatic carboxylic acids is 1. The van der Waals surface area contributed by atoms with E-state index in [1.807, 2.05) is 36.9 Å². The Labute approximate surface area is 125 Å². The normalized spacial score (nSPS) is 16.0. The Morgan fingerprint density at radius 1 is 1.10 bits per heavy atom. The van der Waals surface area contributed by atoms with Crippen LogP contribution < -0.4 is 0 Å². The maximum absolute atomic E-state index is 12.6. The van der Waals surface area contributed by atoms with E-state index >= 15 is 0 Å². The number of rotatable bonds is 4. The van der Waals surface area contributed by atoms with Crippen molar-refractivity contribution >= 4 is 11.9 Å². The second-order valence-corrected chi connectivity index (χ2v) is 5.54. The number of nitrogens with zero attached hydrogens (tertiary/aromatic N) is 2. The summed E-state index contributed by atoms with van der Waals surface area (Å²) in [5, 5.41) is 8.70. The number of carboxylic acid groups (broad SMARTS) is 1. The number of piperazine rings is 1. The zero-order chi connectivity index (χ0) is 15.4. The summed E-state index contributed by atoms with van der Waals surface area (Å²) < 4.78 is 0. The third-order valence-corrected chi connectivity index (χ3v) is 4.00. The molecule has 5 nitrogen and oxygen atoms in total. The van der Waals surface area contributed by atoms with Gasteiger partial charge in [-0.25, -0.2) is 0 Å². The first-order valence-electron chi connectivity index (χ1n) is 7.28. The van der Waals surface area contributed by atoms with Gasteiger partial charge in [0.15, 0.2) is 0 Å². The highest BCUT2D eigenvalue weighted by Crippen LogP contribution is 2.17. The molecule has 0 aliphatic carbocycles. The molecule has 1 aliphatic rings. The van der Waals surface area contributed by atoms with Crippen molar-refractivity contribution in [2.24, 2.45) is 0 Å². The summed E-state index contributed by atoms with van der Waals surface area (Å²) in [6.45, 7) is 7.28. The molecule has 21 heavy (non-hydrogen) atoms. The van der Waals surface area contributed by atoms with E-state index in [9.17, 15) is 9.59 Å². The molecule has 0 bridgehead atoms. The fourth-order valence-corrected chi connectivity index (χ4v) is 2.74. The molecule has 5 heteroatoms. The van der Waals surface area contributed by atoms with Gasteiger partial charge in [0.2, 0.25) is 0 Å². The Bertz CT molecular complexity index is 514. The number of benzene rings is 1. The van der Waals surface area contributed by atoms with Gasteiger partial charge in [-0.1, -0.05) is 18.2 Å². The van der Waals surface area contributed by atoms with Gasteiger partial charge in [-0.15, -0.1) is 0 Å². The van der Waals surface area contributed by atoms with E-state index in [-0.39, 0.29) is 12.3 Å². The van der Waals surface area contributed by atoms with Gasteiger partial charge in [0.25, 0.3) is 5.91 Å². The summed E-state index contributed by atoms with van der Waals surface area (Å²) in [6, 6.07) is 5.89. The molecule has 1 N–H and O–H groups in total. The van der Waals surface area contributed by atoms with E-state index in [0.717, 1.165) is 29.8 Å². The number of amides is 1. The molecule has 1 heterocycles. The summed E-state index contributed by atoms with van der Waals surface area (Å²) in [7, 11) is 0. The number of hydrogen-bond donors (Lipinski definition) is 1. The van der Waals surface area contributed by atoms with Crippen molar-refractivity contribution in [1.82, 2.24) is 9.80 Å². The largest absolute Gasteiger partial charge is 0.481 e. The van der Waals surface area contributed by atoms with Gasteiger partial charge in [0, 0.05) is 38.3 Å². The molecule has 2 rings (SSSR count). The van der Waals surface area contributed by atoms with E-state index in [1.165, 1.54) is 0 Å². The minimum atomic E-state index is -0.774. The van der Waals surface area contributed by atoms with Crippen LogP contribution in [0.4, 0.5) is 0 Å². The minimum Gasteiger partial charge on any atom is -0.481 e. The van der Waals surface area contributed by atoms with E-state index in [0.29, 0.717) is 19.6 Å². The maximum Gasteiger partial charge on any atom is 0.304 e.